The van der Waals surface area contributed by atoms with Crippen LogP contribution >= 0.6 is 0 Å². The normalized spacial score (nSPS) is 11.2. The molecule has 0 radical (unpaired) electrons. The first kappa shape index (κ1) is 11.5. The van der Waals surface area contributed by atoms with Gasteiger partial charge < -0.3 is 9.84 Å². The molecule has 0 saturated heterocycles. The number of halogens is 1. The molecule has 0 spiro atoms. The minimum atomic E-state index is -0.782. The quantitative estimate of drug-likeness (QED) is 0.727. The van der Waals surface area contributed by atoms with Crippen LogP contribution in [-0.4, -0.2) is 16.7 Å². The Morgan fingerprint density at radius 2 is 2.00 bits per heavy atom. The summed E-state index contributed by atoms with van der Waals surface area (Å²) in [5.74, 6) is -1.66. The summed E-state index contributed by atoms with van der Waals surface area (Å²) in [6.07, 6.45) is 0. The van der Waals surface area contributed by atoms with Crippen LogP contribution in [0.3, 0.4) is 0 Å². The van der Waals surface area contributed by atoms with Gasteiger partial charge in [0.25, 0.3) is 0 Å². The molecule has 0 atom stereocenters. The van der Waals surface area contributed by atoms with Crippen LogP contribution in [0.5, 0.6) is 5.75 Å². The summed E-state index contributed by atoms with van der Waals surface area (Å²) in [7, 11) is 0. The number of aromatic hydroxyl groups is 1. The standard InChI is InChI=1S/C11H13FO3/c1-11(2,3)15-10(14)8-6-7(13)4-5-9(8)12/h4-6,13H,1-3H3. The molecule has 1 aromatic carbocycles. The first-order chi connectivity index (χ1) is 6.79. The van der Waals surface area contributed by atoms with Gasteiger partial charge in [-0.2, -0.15) is 0 Å². The SMILES string of the molecule is CC(C)(C)OC(=O)c1cc(O)ccc1F. The first-order valence-corrected chi connectivity index (χ1v) is 4.51. The fourth-order valence-corrected chi connectivity index (χ4v) is 1.00. The van der Waals surface area contributed by atoms with Crippen LogP contribution in [0.4, 0.5) is 4.39 Å². The molecular weight excluding hydrogens is 199 g/mol. The summed E-state index contributed by atoms with van der Waals surface area (Å²) in [5.41, 5.74) is -0.945. The van der Waals surface area contributed by atoms with Gasteiger partial charge in [0.05, 0.1) is 5.56 Å². The van der Waals surface area contributed by atoms with E-state index in [9.17, 15) is 9.18 Å². The molecule has 0 unspecified atom stereocenters. The summed E-state index contributed by atoms with van der Waals surface area (Å²) in [6, 6.07) is 3.24. The predicted octanol–water partition coefficient (Wildman–Crippen LogP) is 2.49. The Balaban J connectivity index is 2.96. The summed E-state index contributed by atoms with van der Waals surface area (Å²) in [6.45, 7) is 5.06. The van der Waals surface area contributed by atoms with E-state index in [2.05, 4.69) is 0 Å². The first-order valence-electron chi connectivity index (χ1n) is 4.51. The lowest BCUT2D eigenvalue weighted by molar-refractivity contribution is 0.00643. The molecule has 0 bridgehead atoms. The van der Waals surface area contributed by atoms with E-state index in [0.717, 1.165) is 12.1 Å². The van der Waals surface area contributed by atoms with Gasteiger partial charge in [-0.1, -0.05) is 0 Å². The second-order valence-corrected chi connectivity index (χ2v) is 4.17. The maximum absolute atomic E-state index is 13.2. The van der Waals surface area contributed by atoms with Gasteiger partial charge in [0.1, 0.15) is 17.2 Å². The van der Waals surface area contributed by atoms with Crippen LogP contribution in [0.15, 0.2) is 18.2 Å². The molecule has 15 heavy (non-hydrogen) atoms. The zero-order valence-electron chi connectivity index (χ0n) is 8.87. The zero-order chi connectivity index (χ0) is 11.6. The fraction of sp³-hybridized carbons (Fsp3) is 0.364. The van der Waals surface area contributed by atoms with Crippen molar-refractivity contribution in [3.8, 4) is 5.75 Å². The summed E-state index contributed by atoms with van der Waals surface area (Å²) >= 11 is 0. The van der Waals surface area contributed by atoms with Gasteiger partial charge in [-0.3, -0.25) is 0 Å². The fourth-order valence-electron chi connectivity index (χ4n) is 1.00. The Hall–Kier alpha value is -1.58. The molecule has 0 heterocycles. The molecule has 1 aromatic rings. The van der Waals surface area contributed by atoms with Crippen molar-refractivity contribution in [1.82, 2.24) is 0 Å². The van der Waals surface area contributed by atoms with Gasteiger partial charge >= 0.3 is 5.97 Å². The number of hydrogen-bond donors (Lipinski definition) is 1. The van der Waals surface area contributed by atoms with Crippen LogP contribution < -0.4 is 0 Å². The Bertz CT molecular complexity index is 380. The van der Waals surface area contributed by atoms with Crippen LogP contribution in [0.2, 0.25) is 0 Å². The predicted molar refractivity (Wildman–Crippen MR) is 53.2 cm³/mol. The maximum atomic E-state index is 13.2. The minimum Gasteiger partial charge on any atom is -0.508 e. The molecular formula is C11H13FO3. The molecule has 0 aliphatic heterocycles. The van der Waals surface area contributed by atoms with Gasteiger partial charge in [0, 0.05) is 0 Å². The molecule has 0 aliphatic rings. The van der Waals surface area contributed by atoms with Crippen LogP contribution in [-0.2, 0) is 4.74 Å². The van der Waals surface area contributed by atoms with Crippen molar-refractivity contribution in [3.63, 3.8) is 0 Å². The van der Waals surface area contributed by atoms with Crippen molar-refractivity contribution < 1.29 is 19.0 Å². The van der Waals surface area contributed by atoms with E-state index in [1.165, 1.54) is 6.07 Å². The molecule has 0 amide bonds. The molecule has 3 nitrogen and oxygen atoms in total. The smallest absolute Gasteiger partial charge is 0.341 e. The number of carbonyl (C=O) groups excluding carboxylic acids is 1. The Kier molecular flexibility index (Phi) is 2.98. The molecule has 0 aromatic heterocycles. The van der Waals surface area contributed by atoms with Crippen LogP contribution in [0.1, 0.15) is 31.1 Å². The lowest BCUT2D eigenvalue weighted by atomic mass is 10.1. The number of benzene rings is 1. The monoisotopic (exact) mass is 212 g/mol. The number of rotatable bonds is 1. The summed E-state index contributed by atoms with van der Waals surface area (Å²) < 4.78 is 18.2. The van der Waals surface area contributed by atoms with Gasteiger partial charge in [-0.15, -0.1) is 0 Å². The topological polar surface area (TPSA) is 46.5 Å². The highest BCUT2D eigenvalue weighted by atomic mass is 19.1. The van der Waals surface area contributed by atoms with E-state index in [-0.39, 0.29) is 11.3 Å². The molecule has 4 heteroatoms. The van der Waals surface area contributed by atoms with Gasteiger partial charge in [0.15, 0.2) is 0 Å². The number of hydrogen-bond acceptors (Lipinski definition) is 3. The summed E-state index contributed by atoms with van der Waals surface area (Å²) in [4.78, 5) is 11.5. The van der Waals surface area contributed by atoms with Crippen LogP contribution in [0.25, 0.3) is 0 Å². The van der Waals surface area contributed by atoms with E-state index in [1.54, 1.807) is 20.8 Å². The van der Waals surface area contributed by atoms with Gasteiger partial charge in [-0.25, -0.2) is 9.18 Å². The lowest BCUT2D eigenvalue weighted by Gasteiger charge is -2.19. The summed E-state index contributed by atoms with van der Waals surface area (Å²) in [5, 5.41) is 9.11. The average Bonchev–Trinajstić information content (AvgIpc) is 2.06. The van der Waals surface area contributed by atoms with E-state index < -0.39 is 17.4 Å². The lowest BCUT2D eigenvalue weighted by Crippen LogP contribution is -2.24. The van der Waals surface area contributed by atoms with Crippen molar-refractivity contribution in [1.29, 1.82) is 0 Å². The highest BCUT2D eigenvalue weighted by molar-refractivity contribution is 5.90. The van der Waals surface area contributed by atoms with E-state index in [0.29, 0.717) is 0 Å². The van der Waals surface area contributed by atoms with E-state index in [4.69, 9.17) is 9.84 Å². The Morgan fingerprint density at radius 3 is 2.53 bits per heavy atom. The van der Waals surface area contributed by atoms with E-state index >= 15 is 0 Å². The largest absolute Gasteiger partial charge is 0.508 e. The highest BCUT2D eigenvalue weighted by Crippen LogP contribution is 2.18. The van der Waals surface area contributed by atoms with Crippen LogP contribution in [0, 0.1) is 5.82 Å². The van der Waals surface area contributed by atoms with Crippen molar-refractivity contribution in [2.75, 3.05) is 0 Å². The number of esters is 1. The van der Waals surface area contributed by atoms with Crippen molar-refractivity contribution in [2.24, 2.45) is 0 Å². The molecule has 0 saturated carbocycles. The second-order valence-electron chi connectivity index (χ2n) is 4.17. The number of ether oxygens (including phenoxy) is 1. The molecule has 1 N–H and O–H groups in total. The van der Waals surface area contributed by atoms with Crippen molar-refractivity contribution >= 4 is 5.97 Å². The second kappa shape index (κ2) is 3.88. The highest BCUT2D eigenvalue weighted by Gasteiger charge is 2.20. The molecule has 0 aliphatic carbocycles. The number of phenolic OH excluding ortho intramolecular Hbond substituents is 1. The molecule has 0 fully saturated rings. The van der Waals surface area contributed by atoms with Crippen molar-refractivity contribution in [2.45, 2.75) is 26.4 Å². The molecule has 1 rings (SSSR count). The maximum Gasteiger partial charge on any atom is 0.341 e. The third kappa shape index (κ3) is 3.23. The average molecular weight is 212 g/mol. The third-order valence-corrected chi connectivity index (χ3v) is 1.57. The third-order valence-electron chi connectivity index (χ3n) is 1.57. The molecule has 82 valence electrons. The van der Waals surface area contributed by atoms with Gasteiger partial charge in [-0.05, 0) is 39.0 Å². The Labute approximate surface area is 87.5 Å². The number of carbonyl (C=O) groups is 1. The van der Waals surface area contributed by atoms with Gasteiger partial charge in [0.2, 0.25) is 0 Å². The number of phenols is 1. The minimum absolute atomic E-state index is 0.169. The van der Waals surface area contributed by atoms with E-state index in [1.807, 2.05) is 0 Å². The zero-order valence-corrected chi connectivity index (χ0v) is 8.87. The Morgan fingerprint density at radius 1 is 1.40 bits per heavy atom. The van der Waals surface area contributed by atoms with Crippen molar-refractivity contribution in [3.05, 3.63) is 29.6 Å².